The van der Waals surface area contributed by atoms with Crippen LogP contribution in [0.25, 0.3) is 0 Å². The molecule has 0 aromatic rings. The minimum absolute atomic E-state index is 2.93. The summed E-state index contributed by atoms with van der Waals surface area (Å²) in [6.45, 7) is -2.93. The standard InChI is InChI=1S/C12H2F23/c13-1-3(16,17)5(20,21)7(24,25)9(28,29)11(32,33)12(34,35)10(30,31)8(26,27)6(22,23)4(18,19)2(14)15/h1-2H. The first-order valence-electron chi connectivity index (χ1n) is 7.26. The molecule has 0 bridgehead atoms. The minimum atomic E-state index is -9.32. The zero-order valence-electron chi connectivity index (χ0n) is 14.8. The normalized spacial score (nSPS) is 16.8. The molecular weight excluding hydrogens is 581 g/mol. The fourth-order valence-corrected chi connectivity index (χ4v) is 1.81. The molecule has 1 radical (unpaired) electrons. The monoisotopic (exact) mass is 583 g/mol. The molecule has 0 atom stereocenters. The van der Waals surface area contributed by atoms with E-state index in [1.807, 2.05) is 0 Å². The van der Waals surface area contributed by atoms with Gasteiger partial charge in [0.05, 0.1) is 0 Å². The van der Waals surface area contributed by atoms with Gasteiger partial charge < -0.3 is 0 Å². The predicted molar refractivity (Wildman–Crippen MR) is 60.9 cm³/mol. The maximum atomic E-state index is 13.3. The summed E-state index contributed by atoms with van der Waals surface area (Å²) in [5.41, 5.74) is 0. The van der Waals surface area contributed by atoms with Crippen LogP contribution in [0.3, 0.4) is 0 Å². The fraction of sp³-hybridized carbons (Fsp3) is 0.917. The van der Waals surface area contributed by atoms with E-state index in [9.17, 15) is 101 Å². The van der Waals surface area contributed by atoms with E-state index in [1.165, 1.54) is 0 Å². The molecule has 0 fully saturated rings. The molecule has 0 aromatic carbocycles. The van der Waals surface area contributed by atoms with Crippen LogP contribution in [0.1, 0.15) is 0 Å². The highest BCUT2D eigenvalue weighted by Crippen LogP contribution is 2.66. The maximum absolute atomic E-state index is 13.3. The lowest BCUT2D eigenvalue weighted by atomic mass is 9.85. The van der Waals surface area contributed by atoms with Crippen LogP contribution in [0.4, 0.5) is 101 Å². The molecule has 0 N–H and O–H groups in total. The van der Waals surface area contributed by atoms with Crippen molar-refractivity contribution in [1.82, 2.24) is 0 Å². The van der Waals surface area contributed by atoms with E-state index in [4.69, 9.17) is 0 Å². The quantitative estimate of drug-likeness (QED) is 0.219. The van der Waals surface area contributed by atoms with Crippen LogP contribution in [0.5, 0.6) is 0 Å². The van der Waals surface area contributed by atoms with Gasteiger partial charge in [0.25, 0.3) is 0 Å². The molecule has 0 heterocycles. The first-order valence-corrected chi connectivity index (χ1v) is 7.26. The summed E-state index contributed by atoms with van der Waals surface area (Å²) < 4.78 is 296. The Hall–Kier alpha value is -1.61. The smallest absolute Gasteiger partial charge is 0.237 e. The second-order valence-corrected chi connectivity index (χ2v) is 6.25. The second-order valence-electron chi connectivity index (χ2n) is 6.25. The van der Waals surface area contributed by atoms with Crippen molar-refractivity contribution in [2.75, 3.05) is 0 Å². The van der Waals surface area contributed by atoms with Crippen LogP contribution in [-0.4, -0.2) is 65.7 Å². The van der Waals surface area contributed by atoms with Crippen LogP contribution >= 0.6 is 0 Å². The number of halogens is 23. The molecule has 0 aliphatic carbocycles. The lowest BCUT2D eigenvalue weighted by Gasteiger charge is -2.44. The van der Waals surface area contributed by atoms with Gasteiger partial charge in [-0.3, -0.25) is 0 Å². The Labute approximate surface area is 175 Å². The van der Waals surface area contributed by atoms with E-state index in [-0.39, 0.29) is 0 Å². The van der Waals surface area contributed by atoms with Gasteiger partial charge in [0.1, 0.15) is 0 Å². The zero-order valence-corrected chi connectivity index (χ0v) is 14.8. The summed E-state index contributed by atoms with van der Waals surface area (Å²) in [5, 5.41) is 0. The van der Waals surface area contributed by atoms with Crippen LogP contribution in [0, 0.1) is 6.67 Å². The van der Waals surface area contributed by atoms with Crippen molar-refractivity contribution in [3.05, 3.63) is 6.67 Å². The molecule has 0 nitrogen and oxygen atoms in total. The molecule has 35 heavy (non-hydrogen) atoms. The fourth-order valence-electron chi connectivity index (χ4n) is 1.81. The zero-order chi connectivity index (χ0) is 29.3. The van der Waals surface area contributed by atoms with E-state index in [0.29, 0.717) is 0 Å². The van der Waals surface area contributed by atoms with E-state index in [1.54, 1.807) is 0 Å². The summed E-state index contributed by atoms with van der Waals surface area (Å²) in [6.07, 6.45) is -6.20. The molecule has 0 amide bonds. The number of hydrogen-bond acceptors (Lipinski definition) is 0. The highest BCUT2D eigenvalue weighted by Gasteiger charge is 2.98. The lowest BCUT2D eigenvalue weighted by Crippen LogP contribution is -2.77. The molecule has 23 heteroatoms. The SMILES string of the molecule is F[CH]C(F)(F)C(F)(F)C(F)(F)C(F)(F)C(F)(F)C(F)(F)C(F)(F)C(F)(F)C(F)(F)C(F)(F)C(F)F. The average molecular weight is 583 g/mol. The second kappa shape index (κ2) is 8.20. The van der Waals surface area contributed by atoms with Gasteiger partial charge in [-0.1, -0.05) is 0 Å². The summed E-state index contributed by atoms with van der Waals surface area (Å²) in [7, 11) is 0. The van der Waals surface area contributed by atoms with E-state index < -0.39 is 72.3 Å². The number of rotatable bonds is 11. The van der Waals surface area contributed by atoms with Gasteiger partial charge in [0.15, 0.2) is 0 Å². The van der Waals surface area contributed by atoms with Crippen LogP contribution < -0.4 is 0 Å². The summed E-state index contributed by atoms with van der Waals surface area (Å²) in [6, 6.07) is 0. The molecule has 0 aliphatic heterocycles. The van der Waals surface area contributed by atoms with Crippen molar-refractivity contribution in [2.24, 2.45) is 0 Å². The molecule has 0 spiro atoms. The number of alkyl halides is 22. The van der Waals surface area contributed by atoms with Gasteiger partial charge in [-0.25, -0.2) is 13.2 Å². The van der Waals surface area contributed by atoms with Gasteiger partial charge in [0, 0.05) is 0 Å². The van der Waals surface area contributed by atoms with Crippen molar-refractivity contribution in [3.8, 4) is 0 Å². The Morgan fingerprint density at radius 1 is 0.343 bits per heavy atom. The lowest BCUT2D eigenvalue weighted by molar-refractivity contribution is -0.470. The Morgan fingerprint density at radius 2 is 0.543 bits per heavy atom. The third kappa shape index (κ3) is 3.83. The molecule has 0 saturated heterocycles. The predicted octanol–water partition coefficient (Wildman–Crippen LogP) is 7.74. The third-order valence-electron chi connectivity index (χ3n) is 4.01. The molecule has 0 aromatic heterocycles. The van der Waals surface area contributed by atoms with E-state index in [2.05, 4.69) is 0 Å². The molecule has 211 valence electrons. The van der Waals surface area contributed by atoms with Gasteiger partial charge in [-0.05, 0) is 0 Å². The number of hydrogen-bond donors (Lipinski definition) is 0. The Bertz CT molecular complexity index is 758. The molecule has 0 aliphatic rings. The molecule has 0 saturated carbocycles. The van der Waals surface area contributed by atoms with Crippen molar-refractivity contribution < 1.29 is 101 Å². The van der Waals surface area contributed by atoms with Gasteiger partial charge in [-0.2, -0.15) is 87.8 Å². The van der Waals surface area contributed by atoms with Crippen molar-refractivity contribution in [1.29, 1.82) is 0 Å². The Balaban J connectivity index is 7.11. The molecular formula is C12H2F23. The van der Waals surface area contributed by atoms with Crippen molar-refractivity contribution >= 4 is 0 Å². The average Bonchev–Trinajstić information content (AvgIpc) is 2.66. The Morgan fingerprint density at radius 3 is 0.743 bits per heavy atom. The van der Waals surface area contributed by atoms with E-state index in [0.717, 1.165) is 0 Å². The third-order valence-corrected chi connectivity index (χ3v) is 4.01. The first-order chi connectivity index (χ1) is 14.8. The van der Waals surface area contributed by atoms with Crippen molar-refractivity contribution in [3.63, 3.8) is 0 Å². The van der Waals surface area contributed by atoms with Gasteiger partial charge >= 0.3 is 65.7 Å². The van der Waals surface area contributed by atoms with E-state index >= 15 is 0 Å². The van der Waals surface area contributed by atoms with Gasteiger partial charge in [0.2, 0.25) is 6.67 Å². The first kappa shape index (κ1) is 33.4. The highest BCUT2D eigenvalue weighted by molar-refractivity contribution is 5.19. The largest absolute Gasteiger partial charge is 0.385 e. The highest BCUT2D eigenvalue weighted by atomic mass is 19.4. The molecule has 0 rings (SSSR count). The van der Waals surface area contributed by atoms with Crippen molar-refractivity contribution in [2.45, 2.75) is 65.7 Å². The van der Waals surface area contributed by atoms with Crippen LogP contribution in [-0.2, 0) is 0 Å². The maximum Gasteiger partial charge on any atom is 0.385 e. The van der Waals surface area contributed by atoms with Crippen LogP contribution in [0.2, 0.25) is 0 Å². The van der Waals surface area contributed by atoms with Crippen LogP contribution in [0.15, 0.2) is 0 Å². The molecule has 0 unspecified atom stereocenters. The topological polar surface area (TPSA) is 0 Å². The summed E-state index contributed by atoms with van der Waals surface area (Å²) in [4.78, 5) is 0. The minimum Gasteiger partial charge on any atom is -0.237 e. The summed E-state index contributed by atoms with van der Waals surface area (Å²) in [5.74, 6) is -86.9. The summed E-state index contributed by atoms with van der Waals surface area (Å²) >= 11 is 0. The van der Waals surface area contributed by atoms with Gasteiger partial charge in [-0.15, -0.1) is 0 Å². The Kier molecular flexibility index (Phi) is 7.82.